The van der Waals surface area contributed by atoms with Gasteiger partial charge in [0.15, 0.2) is 0 Å². The lowest BCUT2D eigenvalue weighted by Gasteiger charge is -2.11. The number of aliphatic hydroxyl groups excluding tert-OH is 1. The third-order valence-electron chi connectivity index (χ3n) is 2.03. The third kappa shape index (κ3) is 3.08. The van der Waals surface area contributed by atoms with Crippen LogP contribution in [0.4, 0.5) is 5.69 Å². The van der Waals surface area contributed by atoms with E-state index in [-0.39, 0.29) is 23.1 Å². The van der Waals surface area contributed by atoms with Crippen LogP contribution in [0.1, 0.15) is 13.3 Å². The van der Waals surface area contributed by atoms with Crippen molar-refractivity contribution in [1.82, 2.24) is 0 Å². The molecule has 0 aliphatic rings. The fraction of sp³-hybridized carbons (Fsp3) is 0.400. The molecule has 0 spiro atoms. The Morgan fingerprint density at radius 3 is 2.88 bits per heavy atom. The average Bonchev–Trinajstić information content (AvgIpc) is 2.26. The SMILES string of the molecule is CCC(O)COc1c(Cl)cccc1[N+](=O)[O-]. The summed E-state index contributed by atoms with van der Waals surface area (Å²) in [6.45, 7) is 1.77. The molecule has 0 bridgehead atoms. The fourth-order valence-corrected chi connectivity index (χ4v) is 1.31. The second kappa shape index (κ2) is 5.67. The van der Waals surface area contributed by atoms with Crippen molar-refractivity contribution in [3.63, 3.8) is 0 Å². The number of halogens is 1. The Morgan fingerprint density at radius 2 is 2.31 bits per heavy atom. The molecule has 0 saturated heterocycles. The first-order valence-corrected chi connectivity index (χ1v) is 5.17. The Hall–Kier alpha value is -1.33. The van der Waals surface area contributed by atoms with Crippen LogP contribution >= 0.6 is 11.6 Å². The number of aliphatic hydroxyl groups is 1. The molecule has 0 heterocycles. The molecule has 1 atom stereocenters. The maximum Gasteiger partial charge on any atom is 0.312 e. The Kier molecular flexibility index (Phi) is 4.52. The van der Waals surface area contributed by atoms with E-state index in [0.29, 0.717) is 6.42 Å². The van der Waals surface area contributed by atoms with Gasteiger partial charge in [0, 0.05) is 6.07 Å². The number of benzene rings is 1. The molecule has 0 aliphatic carbocycles. The summed E-state index contributed by atoms with van der Waals surface area (Å²) in [5, 5.41) is 20.2. The zero-order valence-electron chi connectivity index (χ0n) is 8.72. The van der Waals surface area contributed by atoms with E-state index >= 15 is 0 Å². The quantitative estimate of drug-likeness (QED) is 0.639. The molecule has 0 saturated carbocycles. The van der Waals surface area contributed by atoms with Crippen LogP contribution in [-0.2, 0) is 0 Å². The monoisotopic (exact) mass is 245 g/mol. The molecule has 1 aromatic carbocycles. The van der Waals surface area contributed by atoms with Gasteiger partial charge in [0.05, 0.1) is 16.0 Å². The molecule has 0 amide bonds. The highest BCUT2D eigenvalue weighted by Crippen LogP contribution is 2.34. The van der Waals surface area contributed by atoms with Gasteiger partial charge in [0.25, 0.3) is 0 Å². The largest absolute Gasteiger partial charge is 0.483 e. The van der Waals surface area contributed by atoms with E-state index in [4.69, 9.17) is 16.3 Å². The van der Waals surface area contributed by atoms with Crippen LogP contribution in [0.3, 0.4) is 0 Å². The van der Waals surface area contributed by atoms with Crippen molar-refractivity contribution in [2.75, 3.05) is 6.61 Å². The number of hydrogen-bond donors (Lipinski definition) is 1. The van der Waals surface area contributed by atoms with E-state index in [1.807, 2.05) is 0 Å². The zero-order valence-corrected chi connectivity index (χ0v) is 9.48. The highest BCUT2D eigenvalue weighted by molar-refractivity contribution is 6.32. The van der Waals surface area contributed by atoms with Gasteiger partial charge in [-0.2, -0.15) is 0 Å². The van der Waals surface area contributed by atoms with Gasteiger partial charge in [-0.25, -0.2) is 0 Å². The summed E-state index contributed by atoms with van der Waals surface area (Å²) in [6.07, 6.45) is -0.144. The summed E-state index contributed by atoms with van der Waals surface area (Å²) in [5.74, 6) is 0.00154. The highest BCUT2D eigenvalue weighted by atomic mass is 35.5. The van der Waals surface area contributed by atoms with Gasteiger partial charge in [0.2, 0.25) is 5.75 Å². The standard InChI is InChI=1S/C10H12ClNO4/c1-2-7(13)6-16-10-8(11)4-3-5-9(10)12(14)15/h3-5,7,13H,2,6H2,1H3. The van der Waals surface area contributed by atoms with E-state index in [1.54, 1.807) is 6.92 Å². The van der Waals surface area contributed by atoms with Crippen molar-refractivity contribution < 1.29 is 14.8 Å². The topological polar surface area (TPSA) is 72.6 Å². The third-order valence-corrected chi connectivity index (χ3v) is 2.33. The summed E-state index contributed by atoms with van der Waals surface area (Å²) in [7, 11) is 0. The number of nitrogens with zero attached hydrogens (tertiary/aromatic N) is 1. The molecule has 1 N–H and O–H groups in total. The molecular weight excluding hydrogens is 234 g/mol. The second-order valence-corrected chi connectivity index (χ2v) is 3.63. The lowest BCUT2D eigenvalue weighted by molar-refractivity contribution is -0.385. The minimum atomic E-state index is -0.657. The van der Waals surface area contributed by atoms with Gasteiger partial charge < -0.3 is 9.84 Å². The molecule has 0 aliphatic heterocycles. The molecule has 0 radical (unpaired) electrons. The lowest BCUT2D eigenvalue weighted by atomic mass is 10.3. The van der Waals surface area contributed by atoms with E-state index in [9.17, 15) is 15.2 Å². The van der Waals surface area contributed by atoms with Crippen molar-refractivity contribution in [3.05, 3.63) is 33.3 Å². The number of rotatable bonds is 5. The smallest absolute Gasteiger partial charge is 0.312 e. The van der Waals surface area contributed by atoms with Gasteiger partial charge in [-0.05, 0) is 12.5 Å². The summed E-state index contributed by atoms with van der Waals surface area (Å²) in [4.78, 5) is 10.1. The molecule has 1 rings (SSSR count). The molecule has 1 aromatic rings. The van der Waals surface area contributed by atoms with Crippen LogP contribution in [0, 0.1) is 10.1 Å². The Labute approximate surface area is 97.8 Å². The van der Waals surface area contributed by atoms with Crippen molar-refractivity contribution in [3.8, 4) is 5.75 Å². The normalized spacial score (nSPS) is 12.2. The van der Waals surface area contributed by atoms with Gasteiger partial charge in [-0.3, -0.25) is 10.1 Å². The van der Waals surface area contributed by atoms with Gasteiger partial charge in [-0.1, -0.05) is 24.6 Å². The summed E-state index contributed by atoms with van der Waals surface area (Å²) in [6, 6.07) is 4.28. The Balaban J connectivity index is 2.88. The average molecular weight is 246 g/mol. The second-order valence-electron chi connectivity index (χ2n) is 3.22. The Bertz CT molecular complexity index is 383. The number of ether oxygens (including phenoxy) is 1. The number of nitro groups is 1. The van der Waals surface area contributed by atoms with E-state index in [1.165, 1.54) is 18.2 Å². The maximum absolute atomic E-state index is 10.7. The van der Waals surface area contributed by atoms with E-state index in [2.05, 4.69) is 0 Å². The molecule has 6 heteroatoms. The van der Waals surface area contributed by atoms with E-state index < -0.39 is 11.0 Å². The first kappa shape index (κ1) is 12.7. The Morgan fingerprint density at radius 1 is 1.62 bits per heavy atom. The minimum Gasteiger partial charge on any atom is -0.483 e. The number of nitro benzene ring substituents is 1. The fourth-order valence-electron chi connectivity index (χ4n) is 1.08. The van der Waals surface area contributed by atoms with Gasteiger partial charge >= 0.3 is 5.69 Å². The molecule has 88 valence electrons. The molecule has 1 unspecified atom stereocenters. The minimum absolute atomic E-state index is 0.00154. The predicted molar refractivity (Wildman–Crippen MR) is 59.9 cm³/mol. The molecular formula is C10H12ClNO4. The predicted octanol–water partition coefficient (Wildman–Crippen LogP) is 2.40. The van der Waals surface area contributed by atoms with Crippen molar-refractivity contribution in [2.45, 2.75) is 19.4 Å². The van der Waals surface area contributed by atoms with Crippen molar-refractivity contribution in [2.24, 2.45) is 0 Å². The lowest BCUT2D eigenvalue weighted by Crippen LogP contribution is -2.16. The van der Waals surface area contributed by atoms with Crippen LogP contribution in [0.2, 0.25) is 5.02 Å². The van der Waals surface area contributed by atoms with Gasteiger partial charge in [-0.15, -0.1) is 0 Å². The summed E-state index contributed by atoms with van der Waals surface area (Å²) >= 11 is 5.79. The summed E-state index contributed by atoms with van der Waals surface area (Å²) < 4.78 is 5.16. The van der Waals surface area contributed by atoms with Crippen LogP contribution in [0.15, 0.2) is 18.2 Å². The van der Waals surface area contributed by atoms with Crippen LogP contribution in [0.5, 0.6) is 5.75 Å². The highest BCUT2D eigenvalue weighted by Gasteiger charge is 2.18. The van der Waals surface area contributed by atoms with Crippen LogP contribution in [-0.4, -0.2) is 22.7 Å². The van der Waals surface area contributed by atoms with Crippen LogP contribution in [0.25, 0.3) is 0 Å². The van der Waals surface area contributed by atoms with E-state index in [0.717, 1.165) is 0 Å². The summed E-state index contributed by atoms with van der Waals surface area (Å²) in [5.41, 5.74) is -0.198. The van der Waals surface area contributed by atoms with Gasteiger partial charge in [0.1, 0.15) is 6.61 Å². The molecule has 0 aromatic heterocycles. The molecule has 16 heavy (non-hydrogen) atoms. The number of hydrogen-bond acceptors (Lipinski definition) is 4. The first-order chi connectivity index (χ1) is 7.56. The van der Waals surface area contributed by atoms with Crippen molar-refractivity contribution >= 4 is 17.3 Å². The van der Waals surface area contributed by atoms with Crippen LogP contribution < -0.4 is 4.74 Å². The molecule has 0 fully saturated rings. The first-order valence-electron chi connectivity index (χ1n) is 4.80. The molecule has 5 nitrogen and oxygen atoms in total. The van der Waals surface area contributed by atoms with Crippen molar-refractivity contribution in [1.29, 1.82) is 0 Å². The zero-order chi connectivity index (χ0) is 12.1. The maximum atomic E-state index is 10.7. The number of para-hydroxylation sites is 1.